The Morgan fingerprint density at radius 2 is 1.65 bits per heavy atom. The van der Waals surface area contributed by atoms with Gasteiger partial charge < -0.3 is 23.3 Å². The standard InChI is InChI=1S/C23H31O7P/c1-4-29-31(25,30-5-2)18-23(24)27-15-9-12-19-13-14-21(26-3)22(16-19)28-17-20-10-7-6-8-11-20/h6-8,10-11,13-14,16H,4-5,9,12,15,17-18H2,1-3H3. The summed E-state index contributed by atoms with van der Waals surface area (Å²) in [5.41, 5.74) is 2.10. The van der Waals surface area contributed by atoms with E-state index in [9.17, 15) is 9.36 Å². The molecule has 0 saturated carbocycles. The van der Waals surface area contributed by atoms with Crippen LogP contribution in [0.15, 0.2) is 48.5 Å². The largest absolute Gasteiger partial charge is 0.493 e. The number of benzene rings is 2. The number of aryl methyl sites for hydroxylation is 1. The summed E-state index contributed by atoms with van der Waals surface area (Å²) in [5.74, 6) is 0.732. The minimum absolute atomic E-state index is 0.205. The summed E-state index contributed by atoms with van der Waals surface area (Å²) in [5, 5.41) is 0. The van der Waals surface area contributed by atoms with Gasteiger partial charge >= 0.3 is 13.6 Å². The maximum absolute atomic E-state index is 12.4. The summed E-state index contributed by atoms with van der Waals surface area (Å²) in [4.78, 5) is 12.0. The minimum atomic E-state index is -3.44. The third-order valence-corrected chi connectivity index (χ3v) is 6.26. The Morgan fingerprint density at radius 3 is 2.29 bits per heavy atom. The highest BCUT2D eigenvalue weighted by Crippen LogP contribution is 2.47. The Morgan fingerprint density at radius 1 is 0.935 bits per heavy atom. The smallest absolute Gasteiger partial charge is 0.341 e. The molecular formula is C23H31O7P. The van der Waals surface area contributed by atoms with E-state index in [1.54, 1.807) is 21.0 Å². The number of hydrogen-bond acceptors (Lipinski definition) is 7. The molecule has 0 fully saturated rings. The van der Waals surface area contributed by atoms with Crippen molar-refractivity contribution in [2.45, 2.75) is 33.3 Å². The van der Waals surface area contributed by atoms with E-state index in [2.05, 4.69) is 0 Å². The molecule has 0 N–H and O–H groups in total. The molecule has 31 heavy (non-hydrogen) atoms. The monoisotopic (exact) mass is 450 g/mol. The van der Waals surface area contributed by atoms with E-state index in [-0.39, 0.29) is 26.0 Å². The van der Waals surface area contributed by atoms with Crippen LogP contribution < -0.4 is 9.47 Å². The lowest BCUT2D eigenvalue weighted by molar-refractivity contribution is -0.140. The first-order valence-electron chi connectivity index (χ1n) is 10.4. The first-order valence-corrected chi connectivity index (χ1v) is 12.1. The highest BCUT2D eigenvalue weighted by molar-refractivity contribution is 7.54. The van der Waals surface area contributed by atoms with Crippen molar-refractivity contribution in [3.63, 3.8) is 0 Å². The molecule has 7 nitrogen and oxygen atoms in total. The molecular weight excluding hydrogens is 419 g/mol. The van der Waals surface area contributed by atoms with Crippen LogP contribution in [0.5, 0.6) is 11.5 Å². The maximum Gasteiger partial charge on any atom is 0.341 e. The summed E-state index contributed by atoms with van der Waals surface area (Å²) >= 11 is 0. The zero-order valence-corrected chi connectivity index (χ0v) is 19.3. The van der Waals surface area contributed by atoms with Crippen LogP contribution in [-0.2, 0) is 36.2 Å². The SMILES string of the molecule is CCOP(=O)(CC(=O)OCCCc1ccc(OC)c(OCc2ccccc2)c1)OCC. The first-order chi connectivity index (χ1) is 15.0. The van der Waals surface area contributed by atoms with Crippen LogP contribution in [0.4, 0.5) is 0 Å². The lowest BCUT2D eigenvalue weighted by Gasteiger charge is -2.16. The Bertz CT molecular complexity index is 844. The fraction of sp³-hybridized carbons (Fsp3) is 0.435. The van der Waals surface area contributed by atoms with Gasteiger partial charge in [0.1, 0.15) is 12.8 Å². The lowest BCUT2D eigenvalue weighted by atomic mass is 10.1. The number of rotatable bonds is 14. The molecule has 0 aliphatic rings. The fourth-order valence-corrected chi connectivity index (χ4v) is 4.36. The van der Waals surface area contributed by atoms with Crippen molar-refractivity contribution >= 4 is 13.6 Å². The van der Waals surface area contributed by atoms with Gasteiger partial charge in [0.05, 0.1) is 26.9 Å². The number of methoxy groups -OCH3 is 1. The summed E-state index contributed by atoms with van der Waals surface area (Å²) in [6, 6.07) is 15.6. The normalized spacial score (nSPS) is 11.2. The second kappa shape index (κ2) is 13.2. The van der Waals surface area contributed by atoms with Crippen LogP contribution in [0.2, 0.25) is 0 Å². The molecule has 2 rings (SSSR count). The molecule has 8 heteroatoms. The lowest BCUT2D eigenvalue weighted by Crippen LogP contribution is -2.14. The van der Waals surface area contributed by atoms with E-state index in [1.807, 2.05) is 48.5 Å². The van der Waals surface area contributed by atoms with Crippen LogP contribution in [0.1, 0.15) is 31.4 Å². The second-order valence-corrected chi connectivity index (χ2v) is 8.74. The molecule has 170 valence electrons. The van der Waals surface area contributed by atoms with Gasteiger partial charge in [-0.15, -0.1) is 0 Å². The zero-order valence-electron chi connectivity index (χ0n) is 18.4. The number of carbonyl (C=O) groups is 1. The maximum atomic E-state index is 12.4. The number of hydrogen-bond donors (Lipinski definition) is 0. The predicted octanol–water partition coefficient (Wildman–Crippen LogP) is 5.02. The molecule has 0 bridgehead atoms. The highest BCUT2D eigenvalue weighted by atomic mass is 31.2. The molecule has 0 aliphatic heterocycles. The van der Waals surface area contributed by atoms with Crippen molar-refractivity contribution in [3.8, 4) is 11.5 Å². The molecule has 0 heterocycles. The molecule has 0 aliphatic carbocycles. The van der Waals surface area contributed by atoms with Crippen LogP contribution in [-0.4, -0.2) is 39.1 Å². The van der Waals surface area contributed by atoms with Crippen molar-refractivity contribution in [1.82, 2.24) is 0 Å². The topological polar surface area (TPSA) is 80.3 Å². The summed E-state index contributed by atoms with van der Waals surface area (Å²) in [6.45, 7) is 4.46. The zero-order chi connectivity index (χ0) is 22.5. The third kappa shape index (κ3) is 8.74. The van der Waals surface area contributed by atoms with Gasteiger partial charge in [0.25, 0.3) is 0 Å². The van der Waals surface area contributed by atoms with E-state index in [1.165, 1.54) is 0 Å². The van der Waals surface area contributed by atoms with Gasteiger partial charge in [-0.25, -0.2) is 0 Å². The van der Waals surface area contributed by atoms with Crippen LogP contribution in [0.3, 0.4) is 0 Å². The van der Waals surface area contributed by atoms with Crippen molar-refractivity contribution in [2.75, 3.05) is 33.1 Å². The van der Waals surface area contributed by atoms with Gasteiger partial charge in [-0.1, -0.05) is 36.4 Å². The van der Waals surface area contributed by atoms with Crippen LogP contribution in [0, 0.1) is 0 Å². The van der Waals surface area contributed by atoms with E-state index in [0.29, 0.717) is 30.9 Å². The molecule has 2 aromatic carbocycles. The van der Waals surface area contributed by atoms with Crippen molar-refractivity contribution in [1.29, 1.82) is 0 Å². The van der Waals surface area contributed by atoms with E-state index < -0.39 is 13.6 Å². The van der Waals surface area contributed by atoms with Crippen LogP contribution >= 0.6 is 7.60 Å². The highest BCUT2D eigenvalue weighted by Gasteiger charge is 2.28. The quantitative estimate of drug-likeness (QED) is 0.227. The molecule has 0 amide bonds. The Balaban J connectivity index is 1.83. The first kappa shape index (κ1) is 24.9. The van der Waals surface area contributed by atoms with Gasteiger partial charge in [0.15, 0.2) is 11.5 Å². The number of carbonyl (C=O) groups excluding carboxylic acids is 1. The number of esters is 1. The molecule has 0 saturated heterocycles. The summed E-state index contributed by atoms with van der Waals surface area (Å²) in [6.07, 6.45) is 0.923. The predicted molar refractivity (Wildman–Crippen MR) is 119 cm³/mol. The molecule has 0 aromatic heterocycles. The van der Waals surface area contributed by atoms with Gasteiger partial charge in [0.2, 0.25) is 0 Å². The average Bonchev–Trinajstić information content (AvgIpc) is 2.76. The minimum Gasteiger partial charge on any atom is -0.493 e. The molecule has 2 aromatic rings. The van der Waals surface area contributed by atoms with E-state index in [0.717, 1.165) is 11.1 Å². The van der Waals surface area contributed by atoms with Crippen molar-refractivity contribution in [2.24, 2.45) is 0 Å². The molecule has 0 radical (unpaired) electrons. The van der Waals surface area contributed by atoms with Crippen molar-refractivity contribution in [3.05, 3.63) is 59.7 Å². The molecule has 0 spiro atoms. The van der Waals surface area contributed by atoms with E-state index in [4.69, 9.17) is 23.3 Å². The van der Waals surface area contributed by atoms with Gasteiger partial charge in [0, 0.05) is 0 Å². The number of ether oxygens (including phenoxy) is 3. The summed E-state index contributed by atoms with van der Waals surface area (Å²) in [7, 11) is -1.83. The molecule has 0 atom stereocenters. The van der Waals surface area contributed by atoms with Gasteiger partial charge in [-0.2, -0.15) is 0 Å². The fourth-order valence-electron chi connectivity index (χ4n) is 2.91. The van der Waals surface area contributed by atoms with Crippen molar-refractivity contribution < 1.29 is 32.6 Å². The Hall–Kier alpha value is -2.34. The Labute approximate surface area is 184 Å². The van der Waals surface area contributed by atoms with Gasteiger partial charge in [-0.3, -0.25) is 9.36 Å². The Kier molecular flexibility index (Phi) is 10.6. The van der Waals surface area contributed by atoms with E-state index >= 15 is 0 Å². The molecule has 0 unspecified atom stereocenters. The summed E-state index contributed by atoms with van der Waals surface area (Å²) < 4.78 is 39.1. The second-order valence-electron chi connectivity index (χ2n) is 6.69. The van der Waals surface area contributed by atoms with Crippen LogP contribution in [0.25, 0.3) is 0 Å². The van der Waals surface area contributed by atoms with Gasteiger partial charge in [-0.05, 0) is 49.9 Å². The average molecular weight is 450 g/mol. The third-order valence-electron chi connectivity index (χ3n) is 4.31.